The fourth-order valence-corrected chi connectivity index (χ4v) is 4.06. The van der Waals surface area contributed by atoms with Crippen LogP contribution in [-0.2, 0) is 32.5 Å². The third-order valence-electron chi connectivity index (χ3n) is 4.97. The van der Waals surface area contributed by atoms with E-state index in [1.165, 1.54) is 31.2 Å². The molecule has 3 aromatic rings. The number of hydrogen-bond acceptors (Lipinski definition) is 5. The van der Waals surface area contributed by atoms with Crippen molar-refractivity contribution in [3.63, 3.8) is 0 Å². The minimum Gasteiger partial charge on any atom is -0.449 e. The molecule has 0 fully saturated rings. The van der Waals surface area contributed by atoms with Gasteiger partial charge in [-0.05, 0) is 54.8 Å². The molecule has 33 heavy (non-hydrogen) atoms. The Morgan fingerprint density at radius 1 is 0.909 bits per heavy atom. The van der Waals surface area contributed by atoms with Crippen LogP contribution in [0.25, 0.3) is 0 Å². The molecule has 1 amide bonds. The second-order valence-electron chi connectivity index (χ2n) is 7.43. The smallest absolute Gasteiger partial charge is 0.338 e. The average Bonchev–Trinajstić information content (AvgIpc) is 2.84. The Labute approximate surface area is 193 Å². The summed E-state index contributed by atoms with van der Waals surface area (Å²) in [6.07, 6.45) is -0.182. The molecular formula is C25H26N2O5S. The van der Waals surface area contributed by atoms with Crippen molar-refractivity contribution in [2.24, 2.45) is 0 Å². The second-order valence-corrected chi connectivity index (χ2v) is 9.19. The van der Waals surface area contributed by atoms with Crippen LogP contribution in [0, 0.1) is 0 Å². The highest BCUT2D eigenvalue weighted by molar-refractivity contribution is 7.89. The highest BCUT2D eigenvalue weighted by Crippen LogP contribution is 2.15. The van der Waals surface area contributed by atoms with Crippen molar-refractivity contribution in [2.75, 3.05) is 5.32 Å². The molecule has 0 saturated heterocycles. The number of amides is 1. The maximum atomic E-state index is 12.6. The normalized spacial score (nSPS) is 12.1. The van der Waals surface area contributed by atoms with Crippen LogP contribution in [0.5, 0.6) is 0 Å². The molecule has 0 bridgehead atoms. The lowest BCUT2D eigenvalue weighted by Gasteiger charge is -2.14. The predicted octanol–water partition coefficient (Wildman–Crippen LogP) is 3.91. The van der Waals surface area contributed by atoms with Crippen molar-refractivity contribution in [2.45, 2.75) is 37.8 Å². The van der Waals surface area contributed by atoms with E-state index in [0.29, 0.717) is 5.69 Å². The van der Waals surface area contributed by atoms with E-state index in [9.17, 15) is 18.0 Å². The Kier molecular flexibility index (Phi) is 7.97. The Morgan fingerprint density at radius 3 is 2.27 bits per heavy atom. The van der Waals surface area contributed by atoms with Gasteiger partial charge in [0.1, 0.15) is 0 Å². The van der Waals surface area contributed by atoms with Crippen LogP contribution in [0.15, 0.2) is 83.8 Å². The quantitative estimate of drug-likeness (QED) is 0.466. The summed E-state index contributed by atoms with van der Waals surface area (Å²) < 4.78 is 33.0. The minimum atomic E-state index is -3.84. The van der Waals surface area contributed by atoms with E-state index in [2.05, 4.69) is 10.0 Å². The fourth-order valence-electron chi connectivity index (χ4n) is 3.00. The standard InChI is InChI=1S/C25H26N2O5S/c1-3-19-12-14-22(15-13-19)27-24(28)18(2)32-25(29)21-10-7-11-23(16-21)33(30,31)26-17-20-8-5-4-6-9-20/h4-16,18,26H,3,17H2,1-2H3,(H,27,28)/t18-/m1/s1. The number of ether oxygens (including phenoxy) is 1. The summed E-state index contributed by atoms with van der Waals surface area (Å²) in [6, 6.07) is 22.0. The molecule has 0 heterocycles. The van der Waals surface area contributed by atoms with Crippen molar-refractivity contribution < 1.29 is 22.7 Å². The van der Waals surface area contributed by atoms with E-state index in [-0.39, 0.29) is 17.0 Å². The molecule has 1 atom stereocenters. The first-order valence-corrected chi connectivity index (χ1v) is 12.0. The minimum absolute atomic E-state index is 0.0320. The molecule has 0 aliphatic heterocycles. The molecule has 0 unspecified atom stereocenters. The number of carbonyl (C=O) groups excluding carboxylic acids is 2. The zero-order valence-electron chi connectivity index (χ0n) is 18.4. The zero-order chi connectivity index (χ0) is 23.8. The number of rotatable bonds is 9. The number of benzene rings is 3. The maximum Gasteiger partial charge on any atom is 0.338 e. The van der Waals surface area contributed by atoms with E-state index >= 15 is 0 Å². The van der Waals surface area contributed by atoms with Crippen molar-refractivity contribution in [1.29, 1.82) is 0 Å². The van der Waals surface area contributed by atoms with Crippen molar-refractivity contribution in [3.05, 3.63) is 95.6 Å². The third-order valence-corrected chi connectivity index (χ3v) is 6.37. The molecule has 2 N–H and O–H groups in total. The second kappa shape index (κ2) is 10.9. The first-order valence-electron chi connectivity index (χ1n) is 10.5. The van der Waals surface area contributed by atoms with Gasteiger partial charge in [0.15, 0.2) is 6.10 Å². The summed E-state index contributed by atoms with van der Waals surface area (Å²) in [6.45, 7) is 3.61. The zero-order valence-corrected chi connectivity index (χ0v) is 19.3. The van der Waals surface area contributed by atoms with E-state index in [0.717, 1.165) is 17.5 Å². The van der Waals surface area contributed by atoms with Crippen LogP contribution >= 0.6 is 0 Å². The summed E-state index contributed by atoms with van der Waals surface area (Å²) >= 11 is 0. The molecule has 3 aromatic carbocycles. The van der Waals surface area contributed by atoms with Gasteiger partial charge in [-0.3, -0.25) is 4.79 Å². The van der Waals surface area contributed by atoms with E-state index in [4.69, 9.17) is 4.74 Å². The van der Waals surface area contributed by atoms with Gasteiger partial charge in [-0.1, -0.05) is 55.5 Å². The molecule has 0 saturated carbocycles. The Hall–Kier alpha value is -3.49. The highest BCUT2D eigenvalue weighted by atomic mass is 32.2. The van der Waals surface area contributed by atoms with Crippen molar-refractivity contribution in [1.82, 2.24) is 4.72 Å². The monoisotopic (exact) mass is 466 g/mol. The van der Waals surface area contributed by atoms with Crippen LogP contribution < -0.4 is 10.0 Å². The lowest BCUT2D eigenvalue weighted by molar-refractivity contribution is -0.123. The van der Waals surface area contributed by atoms with Crippen LogP contribution in [-0.4, -0.2) is 26.4 Å². The Balaban J connectivity index is 1.62. The molecule has 0 spiro atoms. The van der Waals surface area contributed by atoms with Gasteiger partial charge in [0.2, 0.25) is 10.0 Å². The molecule has 0 aliphatic carbocycles. The molecule has 0 aliphatic rings. The lowest BCUT2D eigenvalue weighted by atomic mass is 10.1. The Bertz CT molecular complexity index is 1210. The van der Waals surface area contributed by atoms with Crippen LogP contribution in [0.1, 0.15) is 35.3 Å². The number of sulfonamides is 1. The van der Waals surface area contributed by atoms with Gasteiger partial charge >= 0.3 is 5.97 Å². The maximum absolute atomic E-state index is 12.6. The van der Waals surface area contributed by atoms with Crippen LogP contribution in [0.2, 0.25) is 0 Å². The van der Waals surface area contributed by atoms with E-state index < -0.39 is 28.0 Å². The first kappa shape index (κ1) is 24.2. The number of anilines is 1. The largest absolute Gasteiger partial charge is 0.449 e. The SMILES string of the molecule is CCc1ccc(NC(=O)[C@@H](C)OC(=O)c2cccc(S(=O)(=O)NCc3ccccc3)c2)cc1. The highest BCUT2D eigenvalue weighted by Gasteiger charge is 2.21. The molecular weight excluding hydrogens is 440 g/mol. The predicted molar refractivity (Wildman–Crippen MR) is 126 cm³/mol. The van der Waals surface area contributed by atoms with Gasteiger partial charge in [0.25, 0.3) is 5.91 Å². The van der Waals surface area contributed by atoms with Gasteiger partial charge in [-0.2, -0.15) is 0 Å². The summed E-state index contributed by atoms with van der Waals surface area (Å²) in [5.41, 5.74) is 2.57. The Morgan fingerprint density at radius 2 is 1.61 bits per heavy atom. The summed E-state index contributed by atoms with van der Waals surface area (Å²) in [5, 5.41) is 2.70. The number of esters is 1. The molecule has 0 radical (unpaired) electrons. The summed E-state index contributed by atoms with van der Waals surface area (Å²) in [4.78, 5) is 24.9. The molecule has 8 heteroatoms. The van der Waals surface area contributed by atoms with Gasteiger partial charge in [0.05, 0.1) is 10.5 Å². The first-order chi connectivity index (χ1) is 15.8. The van der Waals surface area contributed by atoms with E-state index in [1.807, 2.05) is 37.3 Å². The van der Waals surface area contributed by atoms with Gasteiger partial charge in [-0.25, -0.2) is 17.9 Å². The molecule has 0 aromatic heterocycles. The topological polar surface area (TPSA) is 102 Å². The van der Waals surface area contributed by atoms with Gasteiger partial charge in [-0.15, -0.1) is 0 Å². The number of nitrogens with one attached hydrogen (secondary N) is 2. The molecule has 172 valence electrons. The molecule has 7 nitrogen and oxygen atoms in total. The summed E-state index contributed by atoms with van der Waals surface area (Å²) in [7, 11) is -3.84. The number of carbonyl (C=O) groups is 2. The van der Waals surface area contributed by atoms with Crippen molar-refractivity contribution >= 4 is 27.6 Å². The van der Waals surface area contributed by atoms with Gasteiger partial charge < -0.3 is 10.1 Å². The van der Waals surface area contributed by atoms with Gasteiger partial charge in [0, 0.05) is 12.2 Å². The fraction of sp³-hybridized carbons (Fsp3) is 0.200. The lowest BCUT2D eigenvalue weighted by Crippen LogP contribution is -2.30. The molecule has 3 rings (SSSR count). The average molecular weight is 467 g/mol. The number of aryl methyl sites for hydroxylation is 1. The third kappa shape index (κ3) is 6.74. The van der Waals surface area contributed by atoms with Crippen LogP contribution in [0.4, 0.5) is 5.69 Å². The van der Waals surface area contributed by atoms with Crippen LogP contribution in [0.3, 0.4) is 0 Å². The van der Waals surface area contributed by atoms with Crippen molar-refractivity contribution in [3.8, 4) is 0 Å². The number of hydrogen-bond donors (Lipinski definition) is 2. The summed E-state index contributed by atoms with van der Waals surface area (Å²) in [5.74, 6) is -1.28. The van der Waals surface area contributed by atoms with E-state index in [1.54, 1.807) is 24.3 Å².